The second-order valence-electron chi connectivity index (χ2n) is 6.69. The second-order valence-corrected chi connectivity index (χ2v) is 6.69. The Labute approximate surface area is 125 Å². The first-order chi connectivity index (χ1) is 9.80. The lowest BCUT2D eigenvalue weighted by Gasteiger charge is -2.18. The maximum atomic E-state index is 6.34. The summed E-state index contributed by atoms with van der Waals surface area (Å²) in [4.78, 5) is 4.68. The standard InChI is InChI=1S/C17H23N3O/c1-10(2)20-11(3)19-14(16(20)18)13-8-6-7-12-9-17(4,5)21-15(12)13/h6-8,10H,9,18H2,1-5H3. The number of anilines is 1. The molecule has 1 aromatic carbocycles. The van der Waals surface area contributed by atoms with Crippen molar-refractivity contribution in [3.05, 3.63) is 29.6 Å². The lowest BCUT2D eigenvalue weighted by Crippen LogP contribution is -2.24. The Morgan fingerprint density at radius 3 is 2.67 bits per heavy atom. The average molecular weight is 285 g/mol. The van der Waals surface area contributed by atoms with E-state index in [-0.39, 0.29) is 5.60 Å². The summed E-state index contributed by atoms with van der Waals surface area (Å²) in [7, 11) is 0. The molecule has 2 heterocycles. The van der Waals surface area contributed by atoms with Crippen LogP contribution in [0.3, 0.4) is 0 Å². The first kappa shape index (κ1) is 14.0. The molecular weight excluding hydrogens is 262 g/mol. The fourth-order valence-corrected chi connectivity index (χ4v) is 3.21. The number of imidazole rings is 1. The van der Waals surface area contributed by atoms with E-state index in [1.54, 1.807) is 0 Å². The van der Waals surface area contributed by atoms with Gasteiger partial charge in [-0.05, 0) is 46.2 Å². The third-order valence-corrected chi connectivity index (χ3v) is 3.99. The number of rotatable bonds is 2. The number of ether oxygens (including phenoxy) is 1. The predicted molar refractivity (Wildman–Crippen MR) is 85.6 cm³/mol. The van der Waals surface area contributed by atoms with Crippen molar-refractivity contribution in [2.45, 2.75) is 52.7 Å². The van der Waals surface area contributed by atoms with Crippen molar-refractivity contribution in [3.8, 4) is 17.0 Å². The van der Waals surface area contributed by atoms with Gasteiger partial charge in [-0.3, -0.25) is 0 Å². The number of nitrogens with zero attached hydrogens (tertiary/aromatic N) is 2. The van der Waals surface area contributed by atoms with Crippen LogP contribution < -0.4 is 10.5 Å². The zero-order valence-electron chi connectivity index (χ0n) is 13.4. The van der Waals surface area contributed by atoms with Gasteiger partial charge in [-0.1, -0.05) is 12.1 Å². The fourth-order valence-electron chi connectivity index (χ4n) is 3.21. The zero-order chi connectivity index (χ0) is 15.4. The van der Waals surface area contributed by atoms with Crippen LogP contribution in [0.4, 0.5) is 5.82 Å². The first-order valence-electron chi connectivity index (χ1n) is 7.46. The van der Waals surface area contributed by atoms with E-state index in [0.29, 0.717) is 11.9 Å². The van der Waals surface area contributed by atoms with Crippen LogP contribution in [0, 0.1) is 6.92 Å². The molecule has 0 radical (unpaired) electrons. The lowest BCUT2D eigenvalue weighted by molar-refractivity contribution is 0.139. The molecule has 1 aliphatic heterocycles. The lowest BCUT2D eigenvalue weighted by atomic mass is 10.00. The van der Waals surface area contributed by atoms with E-state index in [2.05, 4.69) is 49.4 Å². The summed E-state index contributed by atoms with van der Waals surface area (Å²) < 4.78 is 8.20. The molecule has 0 fully saturated rings. The van der Waals surface area contributed by atoms with E-state index >= 15 is 0 Å². The van der Waals surface area contributed by atoms with Gasteiger partial charge < -0.3 is 15.0 Å². The van der Waals surface area contributed by atoms with Crippen LogP contribution >= 0.6 is 0 Å². The molecule has 1 aliphatic rings. The predicted octanol–water partition coefficient (Wildman–Crippen LogP) is 3.74. The normalized spacial score (nSPS) is 16.1. The Morgan fingerprint density at radius 2 is 2.05 bits per heavy atom. The summed E-state index contributed by atoms with van der Waals surface area (Å²) in [6.45, 7) is 10.4. The quantitative estimate of drug-likeness (QED) is 0.914. The van der Waals surface area contributed by atoms with Gasteiger partial charge in [0.25, 0.3) is 0 Å². The highest BCUT2D eigenvalue weighted by Crippen LogP contribution is 2.43. The van der Waals surface area contributed by atoms with Gasteiger partial charge in [0, 0.05) is 18.0 Å². The Hall–Kier alpha value is -1.97. The van der Waals surface area contributed by atoms with Crippen LogP contribution in [0.15, 0.2) is 18.2 Å². The van der Waals surface area contributed by atoms with E-state index in [1.807, 2.05) is 13.0 Å². The van der Waals surface area contributed by atoms with Gasteiger partial charge in [0.15, 0.2) is 0 Å². The number of aryl methyl sites for hydroxylation is 1. The van der Waals surface area contributed by atoms with Crippen molar-refractivity contribution < 1.29 is 4.74 Å². The van der Waals surface area contributed by atoms with Crippen molar-refractivity contribution in [2.24, 2.45) is 0 Å². The van der Waals surface area contributed by atoms with Crippen molar-refractivity contribution in [3.63, 3.8) is 0 Å². The molecule has 3 rings (SSSR count). The molecule has 4 heteroatoms. The number of hydrogen-bond donors (Lipinski definition) is 1. The van der Waals surface area contributed by atoms with Crippen molar-refractivity contribution in [2.75, 3.05) is 5.73 Å². The van der Waals surface area contributed by atoms with Crippen LogP contribution in [-0.2, 0) is 6.42 Å². The fraction of sp³-hybridized carbons (Fsp3) is 0.471. The van der Waals surface area contributed by atoms with Gasteiger partial charge in [0.2, 0.25) is 0 Å². The molecule has 0 unspecified atom stereocenters. The maximum Gasteiger partial charge on any atom is 0.133 e. The van der Waals surface area contributed by atoms with Gasteiger partial charge in [-0.15, -0.1) is 0 Å². The summed E-state index contributed by atoms with van der Waals surface area (Å²) in [6, 6.07) is 6.52. The number of fused-ring (bicyclic) bond motifs is 1. The minimum Gasteiger partial charge on any atom is -0.487 e. The third kappa shape index (κ3) is 2.19. The van der Waals surface area contributed by atoms with Crippen molar-refractivity contribution in [1.29, 1.82) is 0 Å². The van der Waals surface area contributed by atoms with Crippen molar-refractivity contribution >= 4 is 5.82 Å². The zero-order valence-corrected chi connectivity index (χ0v) is 13.4. The van der Waals surface area contributed by atoms with E-state index in [4.69, 9.17) is 10.5 Å². The summed E-state index contributed by atoms with van der Waals surface area (Å²) in [6.07, 6.45) is 0.917. The summed E-state index contributed by atoms with van der Waals surface area (Å²) in [5, 5.41) is 0. The first-order valence-corrected chi connectivity index (χ1v) is 7.46. The molecule has 2 aromatic rings. The molecular formula is C17H23N3O. The SMILES string of the molecule is Cc1nc(-c2cccc3c2OC(C)(C)C3)c(N)n1C(C)C. The Morgan fingerprint density at radius 1 is 1.33 bits per heavy atom. The van der Waals surface area contributed by atoms with Gasteiger partial charge in [0.05, 0.1) is 0 Å². The van der Waals surface area contributed by atoms with Gasteiger partial charge >= 0.3 is 0 Å². The molecule has 0 saturated carbocycles. The number of nitrogen functional groups attached to an aromatic ring is 1. The molecule has 0 spiro atoms. The Balaban J connectivity index is 2.17. The number of nitrogens with two attached hydrogens (primary N) is 1. The van der Waals surface area contributed by atoms with Gasteiger partial charge in [-0.25, -0.2) is 4.98 Å². The maximum absolute atomic E-state index is 6.34. The largest absolute Gasteiger partial charge is 0.487 e. The molecule has 0 aliphatic carbocycles. The summed E-state index contributed by atoms with van der Waals surface area (Å²) in [5.41, 5.74) is 9.24. The minimum absolute atomic E-state index is 0.164. The van der Waals surface area contributed by atoms with Crippen molar-refractivity contribution in [1.82, 2.24) is 9.55 Å². The molecule has 21 heavy (non-hydrogen) atoms. The molecule has 0 bridgehead atoms. The topological polar surface area (TPSA) is 53.1 Å². The number of hydrogen-bond acceptors (Lipinski definition) is 3. The number of aromatic nitrogens is 2. The molecule has 112 valence electrons. The summed E-state index contributed by atoms with van der Waals surface area (Å²) >= 11 is 0. The molecule has 0 atom stereocenters. The smallest absolute Gasteiger partial charge is 0.133 e. The average Bonchev–Trinajstić information content (AvgIpc) is 2.83. The van der Waals surface area contributed by atoms with Crippen LogP contribution in [-0.4, -0.2) is 15.2 Å². The van der Waals surface area contributed by atoms with Gasteiger partial charge in [0.1, 0.15) is 28.7 Å². The van der Waals surface area contributed by atoms with Crippen LogP contribution in [0.2, 0.25) is 0 Å². The highest BCUT2D eigenvalue weighted by atomic mass is 16.5. The summed E-state index contributed by atoms with van der Waals surface area (Å²) in [5.74, 6) is 2.58. The van der Waals surface area contributed by atoms with E-state index in [9.17, 15) is 0 Å². The Kier molecular flexibility index (Phi) is 3.01. The van der Waals surface area contributed by atoms with E-state index in [1.165, 1.54) is 5.56 Å². The van der Waals surface area contributed by atoms with Crippen LogP contribution in [0.25, 0.3) is 11.3 Å². The molecule has 2 N–H and O–H groups in total. The number of para-hydroxylation sites is 1. The molecule has 0 saturated heterocycles. The Bertz CT molecular complexity index is 698. The van der Waals surface area contributed by atoms with Crippen LogP contribution in [0.5, 0.6) is 5.75 Å². The highest BCUT2D eigenvalue weighted by Gasteiger charge is 2.33. The minimum atomic E-state index is -0.164. The second kappa shape index (κ2) is 4.52. The monoisotopic (exact) mass is 285 g/mol. The van der Waals surface area contributed by atoms with E-state index in [0.717, 1.165) is 29.3 Å². The molecule has 0 amide bonds. The van der Waals surface area contributed by atoms with Gasteiger partial charge in [-0.2, -0.15) is 0 Å². The van der Waals surface area contributed by atoms with E-state index < -0.39 is 0 Å². The number of benzene rings is 1. The molecule has 4 nitrogen and oxygen atoms in total. The molecule has 1 aromatic heterocycles. The third-order valence-electron chi connectivity index (χ3n) is 3.99. The highest BCUT2D eigenvalue weighted by molar-refractivity contribution is 5.78. The van der Waals surface area contributed by atoms with Crippen LogP contribution in [0.1, 0.15) is 45.1 Å².